The average molecular weight is 387 g/mol. The lowest BCUT2D eigenvalue weighted by molar-refractivity contribution is 0.0240. The molecule has 1 amide bonds. The first-order chi connectivity index (χ1) is 12.6. The molecule has 1 atom stereocenters. The van der Waals surface area contributed by atoms with Crippen molar-refractivity contribution in [2.75, 3.05) is 49.5 Å². The van der Waals surface area contributed by atoms with Crippen molar-refractivity contribution in [1.82, 2.24) is 4.90 Å². The van der Waals surface area contributed by atoms with E-state index in [1.807, 2.05) is 0 Å². The third-order valence-electron chi connectivity index (χ3n) is 4.02. The Morgan fingerprint density at radius 1 is 1.22 bits per heavy atom. The first-order valence-electron chi connectivity index (χ1n) is 8.85. The van der Waals surface area contributed by atoms with Gasteiger partial charge in [0.15, 0.2) is 11.6 Å². The van der Waals surface area contributed by atoms with E-state index < -0.39 is 36.0 Å². The van der Waals surface area contributed by atoms with E-state index in [0.717, 1.165) is 12.1 Å². The number of halogens is 2. The molecular formula is C18H27F2N3O4. The van der Waals surface area contributed by atoms with Gasteiger partial charge in [-0.1, -0.05) is 0 Å². The molecule has 1 fully saturated rings. The Kier molecular flexibility index (Phi) is 6.83. The van der Waals surface area contributed by atoms with Crippen LogP contribution in [0.15, 0.2) is 12.1 Å². The third-order valence-corrected chi connectivity index (χ3v) is 4.02. The number of anilines is 2. The molecule has 0 aromatic heterocycles. The van der Waals surface area contributed by atoms with Gasteiger partial charge >= 0.3 is 6.09 Å². The van der Waals surface area contributed by atoms with Gasteiger partial charge in [-0.05, 0) is 32.9 Å². The van der Waals surface area contributed by atoms with Crippen LogP contribution < -0.4 is 10.2 Å². The molecule has 1 unspecified atom stereocenters. The fourth-order valence-electron chi connectivity index (χ4n) is 2.71. The van der Waals surface area contributed by atoms with Crippen LogP contribution in [0, 0.1) is 11.6 Å². The standard InChI is InChI=1S/C18H27F2N3O4/c1-18(2,3)27-17(26)23-6-4-22(5-7-23)16-14(19)8-12(9-15(16)20)21-10-13(25)11-24/h8-9,13,21,24-25H,4-7,10-11H2,1-3H3. The molecule has 0 bridgehead atoms. The molecule has 0 aliphatic carbocycles. The van der Waals surface area contributed by atoms with Gasteiger partial charge in [-0.2, -0.15) is 0 Å². The number of rotatable bonds is 5. The van der Waals surface area contributed by atoms with E-state index in [0.29, 0.717) is 13.1 Å². The number of carbonyl (C=O) groups is 1. The number of nitrogens with one attached hydrogen (secondary N) is 1. The fraction of sp³-hybridized carbons (Fsp3) is 0.611. The molecule has 1 aliphatic rings. The minimum Gasteiger partial charge on any atom is -0.444 e. The molecule has 0 spiro atoms. The van der Waals surface area contributed by atoms with Gasteiger partial charge in [-0.25, -0.2) is 13.6 Å². The topological polar surface area (TPSA) is 85.3 Å². The van der Waals surface area contributed by atoms with Gasteiger partial charge in [0.25, 0.3) is 0 Å². The number of benzene rings is 1. The Labute approximate surface area is 157 Å². The molecule has 1 aromatic carbocycles. The number of hydrogen-bond acceptors (Lipinski definition) is 6. The van der Waals surface area contributed by atoms with Gasteiger partial charge in [0.2, 0.25) is 0 Å². The molecule has 3 N–H and O–H groups in total. The Morgan fingerprint density at radius 3 is 2.26 bits per heavy atom. The molecule has 0 saturated carbocycles. The van der Waals surface area contributed by atoms with Crippen molar-refractivity contribution in [3.8, 4) is 0 Å². The predicted octanol–water partition coefficient (Wildman–Crippen LogP) is 1.79. The molecule has 1 saturated heterocycles. The number of aliphatic hydroxyl groups excluding tert-OH is 2. The Balaban J connectivity index is 2.00. The van der Waals surface area contributed by atoms with Crippen molar-refractivity contribution >= 4 is 17.5 Å². The first kappa shape index (κ1) is 21.2. The maximum Gasteiger partial charge on any atom is 0.410 e. The van der Waals surface area contributed by atoms with Gasteiger partial charge in [0, 0.05) is 38.4 Å². The average Bonchev–Trinajstić information content (AvgIpc) is 2.58. The van der Waals surface area contributed by atoms with Crippen LogP contribution in [0.3, 0.4) is 0 Å². The summed E-state index contributed by atoms with van der Waals surface area (Å²) >= 11 is 0. The van der Waals surface area contributed by atoms with Crippen molar-refractivity contribution < 1.29 is 28.5 Å². The largest absolute Gasteiger partial charge is 0.444 e. The van der Waals surface area contributed by atoms with E-state index in [1.54, 1.807) is 25.7 Å². The van der Waals surface area contributed by atoms with Crippen molar-refractivity contribution in [2.45, 2.75) is 32.5 Å². The van der Waals surface area contributed by atoms with Gasteiger partial charge in [-0.3, -0.25) is 0 Å². The first-order valence-corrected chi connectivity index (χ1v) is 8.85. The molecule has 152 valence electrons. The van der Waals surface area contributed by atoms with Gasteiger partial charge < -0.3 is 30.1 Å². The van der Waals surface area contributed by atoms with Crippen LogP contribution in [-0.2, 0) is 4.74 Å². The molecule has 1 aliphatic heterocycles. The summed E-state index contributed by atoms with van der Waals surface area (Å²) in [5, 5.41) is 20.8. The summed E-state index contributed by atoms with van der Waals surface area (Å²) in [7, 11) is 0. The monoisotopic (exact) mass is 387 g/mol. The van der Waals surface area contributed by atoms with Crippen LogP contribution in [-0.4, -0.2) is 72.2 Å². The number of nitrogens with zero attached hydrogens (tertiary/aromatic N) is 2. The van der Waals surface area contributed by atoms with Gasteiger partial charge in [-0.15, -0.1) is 0 Å². The van der Waals surface area contributed by atoms with Crippen molar-refractivity contribution in [1.29, 1.82) is 0 Å². The van der Waals surface area contributed by atoms with Crippen molar-refractivity contribution in [3.63, 3.8) is 0 Å². The molecule has 2 rings (SSSR count). The number of amides is 1. The second-order valence-corrected chi connectivity index (χ2v) is 7.46. The maximum atomic E-state index is 14.4. The zero-order valence-electron chi connectivity index (χ0n) is 15.8. The summed E-state index contributed by atoms with van der Waals surface area (Å²) in [5.41, 5.74) is -0.570. The van der Waals surface area contributed by atoms with E-state index >= 15 is 0 Å². The fourth-order valence-corrected chi connectivity index (χ4v) is 2.71. The zero-order valence-corrected chi connectivity index (χ0v) is 15.8. The predicted molar refractivity (Wildman–Crippen MR) is 98.0 cm³/mol. The van der Waals surface area contributed by atoms with E-state index in [1.165, 1.54) is 4.90 Å². The highest BCUT2D eigenvalue weighted by atomic mass is 19.1. The molecule has 9 heteroatoms. The summed E-state index contributed by atoms with van der Waals surface area (Å²) in [4.78, 5) is 15.1. The van der Waals surface area contributed by atoms with Gasteiger partial charge in [0.05, 0.1) is 12.7 Å². The summed E-state index contributed by atoms with van der Waals surface area (Å²) in [5.74, 6) is -1.47. The number of hydrogen-bond donors (Lipinski definition) is 3. The van der Waals surface area contributed by atoms with Crippen molar-refractivity contribution in [2.24, 2.45) is 0 Å². The van der Waals surface area contributed by atoms with Gasteiger partial charge in [0.1, 0.15) is 11.3 Å². The molecule has 7 nitrogen and oxygen atoms in total. The Hall–Kier alpha value is -2.13. The highest BCUT2D eigenvalue weighted by Crippen LogP contribution is 2.28. The second-order valence-electron chi connectivity index (χ2n) is 7.46. The number of piperazine rings is 1. The molecular weight excluding hydrogens is 360 g/mol. The SMILES string of the molecule is CC(C)(C)OC(=O)N1CCN(c2c(F)cc(NCC(O)CO)cc2F)CC1. The zero-order chi connectivity index (χ0) is 20.2. The lowest BCUT2D eigenvalue weighted by atomic mass is 10.2. The molecule has 27 heavy (non-hydrogen) atoms. The number of ether oxygens (including phenoxy) is 1. The smallest absolute Gasteiger partial charge is 0.410 e. The van der Waals surface area contributed by atoms with Crippen LogP contribution in [0.4, 0.5) is 25.0 Å². The summed E-state index contributed by atoms with van der Waals surface area (Å²) in [6.45, 7) is 6.03. The summed E-state index contributed by atoms with van der Waals surface area (Å²) in [6, 6.07) is 2.28. The van der Waals surface area contributed by atoms with Crippen LogP contribution >= 0.6 is 0 Å². The molecule has 1 aromatic rings. The summed E-state index contributed by atoms with van der Waals surface area (Å²) < 4.78 is 34.2. The minimum atomic E-state index is -1.02. The minimum absolute atomic E-state index is 0.0245. The van der Waals surface area contributed by atoms with Crippen LogP contribution in [0.5, 0.6) is 0 Å². The van der Waals surface area contributed by atoms with E-state index in [2.05, 4.69) is 5.32 Å². The molecule has 0 radical (unpaired) electrons. The van der Waals surface area contributed by atoms with E-state index in [4.69, 9.17) is 9.84 Å². The van der Waals surface area contributed by atoms with Crippen LogP contribution in [0.1, 0.15) is 20.8 Å². The normalized spacial score (nSPS) is 16.3. The second kappa shape index (κ2) is 8.71. The van der Waals surface area contributed by atoms with E-state index in [-0.39, 0.29) is 31.0 Å². The van der Waals surface area contributed by atoms with Crippen molar-refractivity contribution in [3.05, 3.63) is 23.8 Å². The highest BCUT2D eigenvalue weighted by Gasteiger charge is 2.28. The van der Waals surface area contributed by atoms with E-state index in [9.17, 15) is 18.7 Å². The Morgan fingerprint density at radius 2 is 1.78 bits per heavy atom. The maximum absolute atomic E-state index is 14.4. The van der Waals surface area contributed by atoms with Crippen LogP contribution in [0.25, 0.3) is 0 Å². The molecule has 1 heterocycles. The Bertz CT molecular complexity index is 635. The summed E-state index contributed by atoms with van der Waals surface area (Å²) in [6.07, 6.45) is -1.46. The number of carbonyl (C=O) groups excluding carboxylic acids is 1. The quantitative estimate of drug-likeness (QED) is 0.714. The lowest BCUT2D eigenvalue weighted by Crippen LogP contribution is -2.50. The third kappa shape index (κ3) is 5.93. The number of aliphatic hydroxyl groups is 2. The highest BCUT2D eigenvalue weighted by molar-refractivity contribution is 5.69. The lowest BCUT2D eigenvalue weighted by Gasteiger charge is -2.37. The van der Waals surface area contributed by atoms with Crippen LogP contribution in [0.2, 0.25) is 0 Å².